The predicted molar refractivity (Wildman–Crippen MR) is 112 cm³/mol. The Morgan fingerprint density at radius 2 is 1.93 bits per heavy atom. The van der Waals surface area contributed by atoms with Gasteiger partial charge in [-0.1, -0.05) is 51.4 Å². The van der Waals surface area contributed by atoms with Gasteiger partial charge in [-0.2, -0.15) is 0 Å². The van der Waals surface area contributed by atoms with Gasteiger partial charge in [0.05, 0.1) is 5.71 Å². The van der Waals surface area contributed by atoms with Crippen molar-refractivity contribution >= 4 is 21.6 Å². The Morgan fingerprint density at radius 1 is 1.18 bits per heavy atom. The molecule has 4 nitrogen and oxygen atoms in total. The van der Waals surface area contributed by atoms with Crippen molar-refractivity contribution in [1.82, 2.24) is 4.57 Å². The number of hydrogen-bond donors (Lipinski definition) is 1. The minimum atomic E-state index is -0.350. The number of aryl methyl sites for hydroxylation is 2. The van der Waals surface area contributed by atoms with E-state index in [0.29, 0.717) is 21.3 Å². The summed E-state index contributed by atoms with van der Waals surface area (Å²) in [6.07, 6.45) is 1.89. The Bertz CT molecular complexity index is 1090. The highest BCUT2D eigenvalue weighted by Crippen LogP contribution is 2.34. The van der Waals surface area contributed by atoms with Crippen LogP contribution in [0, 0.1) is 12.7 Å². The van der Waals surface area contributed by atoms with Crippen molar-refractivity contribution < 1.29 is 9.60 Å². The second-order valence-electron chi connectivity index (χ2n) is 6.69. The molecule has 0 fully saturated rings. The number of halogens is 2. The van der Waals surface area contributed by atoms with Gasteiger partial charge in [0, 0.05) is 41.7 Å². The fourth-order valence-corrected chi connectivity index (χ4v) is 3.66. The van der Waals surface area contributed by atoms with Gasteiger partial charge in [0.15, 0.2) is 0 Å². The van der Waals surface area contributed by atoms with Crippen molar-refractivity contribution in [2.45, 2.75) is 19.3 Å². The van der Waals surface area contributed by atoms with E-state index in [-0.39, 0.29) is 23.7 Å². The number of pyridine rings is 1. The largest absolute Gasteiger partial charge is 0.411 e. The molecule has 2 aromatic carbocycles. The first-order valence-corrected chi connectivity index (χ1v) is 9.58. The average molecular weight is 443 g/mol. The maximum atomic E-state index is 14.8. The maximum absolute atomic E-state index is 14.8. The third-order valence-corrected chi connectivity index (χ3v) is 5.33. The van der Waals surface area contributed by atoms with Crippen LogP contribution in [0.1, 0.15) is 34.6 Å². The van der Waals surface area contributed by atoms with Gasteiger partial charge in [0.2, 0.25) is 5.56 Å². The Hall–Kier alpha value is -2.73. The number of nitrogens with zero attached hydrogens (tertiary/aromatic N) is 2. The van der Waals surface area contributed by atoms with Gasteiger partial charge in [-0.25, -0.2) is 4.39 Å². The topological polar surface area (TPSA) is 54.6 Å². The molecule has 0 saturated carbocycles. The van der Waals surface area contributed by atoms with Gasteiger partial charge >= 0.3 is 0 Å². The van der Waals surface area contributed by atoms with Crippen LogP contribution in [0.5, 0.6) is 0 Å². The average Bonchev–Trinajstić information content (AvgIpc) is 2.67. The maximum Gasteiger partial charge on any atom is 0.250 e. The number of hydrogen-bond acceptors (Lipinski definition) is 3. The lowest BCUT2D eigenvalue weighted by Crippen LogP contribution is -2.18. The summed E-state index contributed by atoms with van der Waals surface area (Å²) in [5, 5.41) is 13.1. The summed E-state index contributed by atoms with van der Waals surface area (Å²) < 4.78 is 16.9. The van der Waals surface area contributed by atoms with Gasteiger partial charge in [-0.05, 0) is 41.8 Å². The Morgan fingerprint density at radius 3 is 2.57 bits per heavy atom. The number of benzene rings is 2. The van der Waals surface area contributed by atoms with Crippen LogP contribution in [0.3, 0.4) is 0 Å². The lowest BCUT2D eigenvalue weighted by molar-refractivity contribution is 0.317. The SMILES string of the molecule is Cc1ccccc1C(C/C(=N/O)c1ccc(=O)n(C)c1)c1ccc(Br)cc1F. The summed E-state index contributed by atoms with van der Waals surface area (Å²) in [6, 6.07) is 15.8. The van der Waals surface area contributed by atoms with E-state index in [1.54, 1.807) is 31.4 Å². The van der Waals surface area contributed by atoms with E-state index in [9.17, 15) is 14.4 Å². The second-order valence-corrected chi connectivity index (χ2v) is 7.61. The quantitative estimate of drug-likeness (QED) is 0.343. The zero-order chi connectivity index (χ0) is 20.3. The van der Waals surface area contributed by atoms with Crippen LogP contribution in [0.2, 0.25) is 0 Å². The van der Waals surface area contributed by atoms with E-state index in [0.717, 1.165) is 11.1 Å². The van der Waals surface area contributed by atoms with E-state index in [2.05, 4.69) is 21.1 Å². The highest BCUT2D eigenvalue weighted by Gasteiger charge is 2.23. The molecule has 0 saturated heterocycles. The molecule has 6 heteroatoms. The summed E-state index contributed by atoms with van der Waals surface area (Å²) in [7, 11) is 1.63. The lowest BCUT2D eigenvalue weighted by atomic mass is 9.83. The van der Waals surface area contributed by atoms with E-state index in [1.807, 2.05) is 31.2 Å². The molecule has 1 unspecified atom stereocenters. The molecular weight excluding hydrogens is 423 g/mol. The van der Waals surface area contributed by atoms with Crippen LogP contribution in [-0.2, 0) is 7.05 Å². The molecule has 0 radical (unpaired) electrons. The van der Waals surface area contributed by atoms with Crippen LogP contribution in [-0.4, -0.2) is 15.5 Å². The first kappa shape index (κ1) is 20.0. The fraction of sp³-hybridized carbons (Fsp3) is 0.182. The summed E-state index contributed by atoms with van der Waals surface area (Å²) in [5.41, 5.74) is 3.33. The molecule has 1 aromatic heterocycles. The first-order chi connectivity index (χ1) is 13.4. The van der Waals surface area contributed by atoms with Gasteiger partial charge in [-0.15, -0.1) is 0 Å². The lowest BCUT2D eigenvalue weighted by Gasteiger charge is -2.21. The van der Waals surface area contributed by atoms with E-state index in [4.69, 9.17) is 0 Å². The molecule has 3 aromatic rings. The molecule has 3 rings (SSSR count). The van der Waals surface area contributed by atoms with Crippen molar-refractivity contribution in [3.05, 3.63) is 104 Å². The zero-order valence-corrected chi connectivity index (χ0v) is 17.1. The van der Waals surface area contributed by atoms with Crippen molar-refractivity contribution in [2.75, 3.05) is 0 Å². The third-order valence-electron chi connectivity index (χ3n) is 4.84. The normalized spacial score (nSPS) is 12.8. The van der Waals surface area contributed by atoms with Crippen LogP contribution in [0.15, 0.2) is 75.2 Å². The molecule has 28 heavy (non-hydrogen) atoms. The van der Waals surface area contributed by atoms with Gasteiger partial charge in [-0.3, -0.25) is 4.79 Å². The molecule has 0 aliphatic carbocycles. The summed E-state index contributed by atoms with van der Waals surface area (Å²) in [5.74, 6) is -0.683. The standard InChI is InChI=1S/C22H20BrFN2O2/c1-14-5-3-4-6-17(14)19(18-9-8-16(23)11-20(18)24)12-21(25-28)15-7-10-22(27)26(2)13-15/h3-11,13,19,28H,12H2,1-2H3/b25-21-. The Kier molecular flexibility index (Phi) is 6.09. The molecule has 0 aliphatic rings. The van der Waals surface area contributed by atoms with Gasteiger partial charge in [0.1, 0.15) is 5.82 Å². The number of aromatic nitrogens is 1. The smallest absolute Gasteiger partial charge is 0.250 e. The highest BCUT2D eigenvalue weighted by molar-refractivity contribution is 9.10. The Balaban J connectivity index is 2.09. The molecule has 0 bridgehead atoms. The van der Waals surface area contributed by atoms with Crippen molar-refractivity contribution in [1.29, 1.82) is 0 Å². The van der Waals surface area contributed by atoms with Crippen molar-refractivity contribution in [2.24, 2.45) is 12.2 Å². The molecular formula is C22H20BrFN2O2. The molecule has 0 aliphatic heterocycles. The Labute approximate surface area is 171 Å². The predicted octanol–water partition coefficient (Wildman–Crippen LogP) is 5.00. The monoisotopic (exact) mass is 442 g/mol. The van der Waals surface area contributed by atoms with Crippen molar-refractivity contribution in [3.63, 3.8) is 0 Å². The summed E-state index contributed by atoms with van der Waals surface area (Å²) >= 11 is 3.30. The van der Waals surface area contributed by atoms with Gasteiger partial charge < -0.3 is 9.77 Å². The van der Waals surface area contributed by atoms with Crippen LogP contribution >= 0.6 is 15.9 Å². The summed E-state index contributed by atoms with van der Waals surface area (Å²) in [6.45, 7) is 1.97. The number of oxime groups is 1. The van der Waals surface area contributed by atoms with E-state index in [1.165, 1.54) is 16.7 Å². The molecule has 1 N–H and O–H groups in total. The molecule has 144 valence electrons. The van der Waals surface area contributed by atoms with Crippen LogP contribution in [0.4, 0.5) is 4.39 Å². The van der Waals surface area contributed by atoms with Crippen molar-refractivity contribution in [3.8, 4) is 0 Å². The minimum absolute atomic E-state index is 0.157. The van der Waals surface area contributed by atoms with E-state index < -0.39 is 0 Å². The first-order valence-electron chi connectivity index (χ1n) is 8.79. The second kappa shape index (κ2) is 8.52. The molecule has 0 spiro atoms. The van der Waals surface area contributed by atoms with Gasteiger partial charge in [0.25, 0.3) is 0 Å². The minimum Gasteiger partial charge on any atom is -0.411 e. The molecule has 0 amide bonds. The number of rotatable bonds is 5. The van der Waals surface area contributed by atoms with E-state index >= 15 is 0 Å². The zero-order valence-electron chi connectivity index (χ0n) is 15.6. The summed E-state index contributed by atoms with van der Waals surface area (Å²) in [4.78, 5) is 11.7. The van der Waals surface area contributed by atoms with Crippen LogP contribution < -0.4 is 5.56 Å². The molecule has 1 atom stereocenters. The van der Waals surface area contributed by atoms with Crippen LogP contribution in [0.25, 0.3) is 0 Å². The molecule has 1 heterocycles. The highest BCUT2D eigenvalue weighted by atomic mass is 79.9. The fourth-order valence-electron chi connectivity index (χ4n) is 3.32. The third kappa shape index (κ3) is 4.22.